The molecule has 19 heavy (non-hydrogen) atoms. The van der Waals surface area contributed by atoms with Gasteiger partial charge in [-0.1, -0.05) is 24.6 Å². The van der Waals surface area contributed by atoms with Gasteiger partial charge in [-0.25, -0.2) is 0 Å². The van der Waals surface area contributed by atoms with Gasteiger partial charge in [0.2, 0.25) is 0 Å². The van der Waals surface area contributed by atoms with Crippen LogP contribution in [-0.4, -0.2) is 19.1 Å². The van der Waals surface area contributed by atoms with Gasteiger partial charge >= 0.3 is 0 Å². The Balaban J connectivity index is 2.49. The number of fused-ring (bicyclic) bond motifs is 1. The Morgan fingerprint density at radius 2 is 2.00 bits per heavy atom. The molecule has 0 atom stereocenters. The van der Waals surface area contributed by atoms with Crippen LogP contribution in [-0.2, 0) is 6.54 Å². The lowest BCUT2D eigenvalue weighted by Crippen LogP contribution is -2.42. The first kappa shape index (κ1) is 14.4. The van der Waals surface area contributed by atoms with Crippen LogP contribution in [0.2, 0.25) is 5.02 Å². The number of rotatable bonds is 3. The van der Waals surface area contributed by atoms with E-state index in [1.807, 2.05) is 0 Å². The van der Waals surface area contributed by atoms with E-state index in [-0.39, 0.29) is 5.54 Å². The number of hydrogen-bond acceptors (Lipinski definition) is 2. The van der Waals surface area contributed by atoms with E-state index in [1.165, 1.54) is 22.4 Å². The third-order valence-electron chi connectivity index (χ3n) is 3.95. The first-order chi connectivity index (χ1) is 8.86. The number of allylic oxidation sites excluding steroid dienone is 1. The summed E-state index contributed by atoms with van der Waals surface area (Å²) in [4.78, 5) is 2.29. The molecule has 0 bridgehead atoms. The summed E-state index contributed by atoms with van der Waals surface area (Å²) < 4.78 is 0. The van der Waals surface area contributed by atoms with Crippen LogP contribution in [0.25, 0.3) is 5.57 Å². The molecule has 0 radical (unpaired) electrons. The molecule has 1 N–H and O–H groups in total. The van der Waals surface area contributed by atoms with Gasteiger partial charge in [-0.05, 0) is 50.6 Å². The fourth-order valence-corrected chi connectivity index (χ4v) is 2.84. The van der Waals surface area contributed by atoms with Crippen LogP contribution in [0.4, 0.5) is 5.69 Å². The number of nitrogens with zero attached hydrogens (tertiary/aromatic N) is 1. The monoisotopic (exact) mass is 278 g/mol. The molecule has 0 spiro atoms. The fraction of sp³-hybridized carbons (Fsp3) is 0.500. The van der Waals surface area contributed by atoms with Crippen LogP contribution in [0, 0.1) is 0 Å². The molecule has 2 nitrogen and oxygen atoms in total. The molecule has 1 aromatic carbocycles. The molecule has 104 valence electrons. The molecule has 0 saturated heterocycles. The first-order valence-corrected chi connectivity index (χ1v) is 7.21. The summed E-state index contributed by atoms with van der Waals surface area (Å²) in [6, 6.07) is 4.32. The number of hydrogen-bond donors (Lipinski definition) is 1. The van der Waals surface area contributed by atoms with Gasteiger partial charge < -0.3 is 10.2 Å². The Bertz CT molecular complexity index is 518. The maximum Gasteiger partial charge on any atom is 0.0531 e. The number of benzene rings is 1. The largest absolute Gasteiger partial charge is 0.365 e. The first-order valence-electron chi connectivity index (χ1n) is 6.83. The Hall–Kier alpha value is -0.990. The van der Waals surface area contributed by atoms with Gasteiger partial charge in [0.05, 0.1) is 5.54 Å². The number of nitrogens with one attached hydrogen (secondary N) is 1. The quantitative estimate of drug-likeness (QED) is 0.896. The minimum Gasteiger partial charge on any atom is -0.365 e. The molecular weight excluding hydrogens is 256 g/mol. The molecule has 0 aliphatic carbocycles. The molecule has 1 aliphatic heterocycles. The zero-order valence-electron chi connectivity index (χ0n) is 12.5. The van der Waals surface area contributed by atoms with E-state index >= 15 is 0 Å². The van der Waals surface area contributed by atoms with E-state index in [4.69, 9.17) is 11.6 Å². The highest BCUT2D eigenvalue weighted by atomic mass is 35.5. The van der Waals surface area contributed by atoms with Crippen molar-refractivity contribution in [3.63, 3.8) is 0 Å². The molecule has 0 unspecified atom stereocenters. The molecule has 1 heterocycles. The fourth-order valence-electron chi connectivity index (χ4n) is 2.61. The lowest BCUT2D eigenvalue weighted by Gasteiger charge is -2.41. The minimum absolute atomic E-state index is 0.0313. The second-order valence-corrected chi connectivity index (χ2v) is 6.19. The van der Waals surface area contributed by atoms with Gasteiger partial charge in [0, 0.05) is 29.9 Å². The average molecular weight is 279 g/mol. The van der Waals surface area contributed by atoms with Crippen LogP contribution >= 0.6 is 11.6 Å². The smallest absolute Gasteiger partial charge is 0.0531 e. The number of anilines is 1. The summed E-state index contributed by atoms with van der Waals surface area (Å²) in [6.45, 7) is 10.5. The van der Waals surface area contributed by atoms with E-state index in [0.717, 1.165) is 18.1 Å². The molecule has 0 amide bonds. The van der Waals surface area contributed by atoms with Crippen molar-refractivity contribution in [2.24, 2.45) is 0 Å². The van der Waals surface area contributed by atoms with Gasteiger partial charge in [0.25, 0.3) is 0 Å². The maximum absolute atomic E-state index is 6.42. The van der Waals surface area contributed by atoms with Gasteiger partial charge in [0.1, 0.15) is 0 Å². The summed E-state index contributed by atoms with van der Waals surface area (Å²) >= 11 is 6.42. The molecule has 1 aromatic rings. The second kappa shape index (κ2) is 5.18. The molecular formula is C16H23ClN2. The van der Waals surface area contributed by atoms with Crippen LogP contribution in [0.5, 0.6) is 0 Å². The number of likely N-dealkylation sites (N-methyl/N-ethyl adjacent to an activating group) is 1. The topological polar surface area (TPSA) is 15.3 Å². The highest BCUT2D eigenvalue weighted by molar-refractivity contribution is 6.31. The maximum atomic E-state index is 6.42. The Morgan fingerprint density at radius 3 is 2.63 bits per heavy atom. The van der Waals surface area contributed by atoms with E-state index in [9.17, 15) is 0 Å². The molecule has 1 aliphatic rings. The Kier molecular flexibility index (Phi) is 3.93. The van der Waals surface area contributed by atoms with Crippen LogP contribution in [0.15, 0.2) is 18.2 Å². The van der Waals surface area contributed by atoms with Gasteiger partial charge in [-0.15, -0.1) is 0 Å². The average Bonchev–Trinajstić information content (AvgIpc) is 2.34. The van der Waals surface area contributed by atoms with Crippen molar-refractivity contribution in [3.05, 3.63) is 34.4 Å². The van der Waals surface area contributed by atoms with Gasteiger partial charge in [-0.3, -0.25) is 0 Å². The van der Waals surface area contributed by atoms with Crippen LogP contribution in [0.3, 0.4) is 0 Å². The SMILES string of the molecule is CCNCc1cc2c(cc1Cl)N(C)C(C)(C)C=C2C. The lowest BCUT2D eigenvalue weighted by atomic mass is 9.88. The summed E-state index contributed by atoms with van der Waals surface area (Å²) in [7, 11) is 2.13. The summed E-state index contributed by atoms with van der Waals surface area (Å²) in [5, 5.41) is 4.18. The van der Waals surface area contributed by atoms with Crippen LogP contribution < -0.4 is 10.2 Å². The third kappa shape index (κ3) is 2.65. The second-order valence-electron chi connectivity index (χ2n) is 5.78. The highest BCUT2D eigenvalue weighted by Crippen LogP contribution is 2.40. The summed E-state index contributed by atoms with van der Waals surface area (Å²) in [6.07, 6.45) is 2.32. The van der Waals surface area contributed by atoms with Crippen molar-refractivity contribution in [2.45, 2.75) is 39.8 Å². The summed E-state index contributed by atoms with van der Waals surface area (Å²) in [5.41, 5.74) is 5.04. The van der Waals surface area contributed by atoms with Crippen molar-refractivity contribution in [1.29, 1.82) is 0 Å². The van der Waals surface area contributed by atoms with Gasteiger partial charge in [-0.2, -0.15) is 0 Å². The van der Waals surface area contributed by atoms with E-state index < -0.39 is 0 Å². The number of halogens is 1. The van der Waals surface area contributed by atoms with Gasteiger partial charge in [0.15, 0.2) is 0 Å². The molecule has 0 fully saturated rings. The van der Waals surface area contributed by atoms with Crippen molar-refractivity contribution in [3.8, 4) is 0 Å². The summed E-state index contributed by atoms with van der Waals surface area (Å²) in [5.74, 6) is 0. The normalized spacial score (nSPS) is 17.2. The highest BCUT2D eigenvalue weighted by Gasteiger charge is 2.29. The molecule has 2 rings (SSSR count). The predicted molar refractivity (Wildman–Crippen MR) is 85.0 cm³/mol. The van der Waals surface area contributed by atoms with E-state index in [0.29, 0.717) is 0 Å². The third-order valence-corrected chi connectivity index (χ3v) is 4.30. The predicted octanol–water partition coefficient (Wildman–Crippen LogP) is 4.08. The Labute approximate surface area is 121 Å². The molecule has 0 saturated carbocycles. The molecule has 0 aromatic heterocycles. The van der Waals surface area contributed by atoms with Crippen molar-refractivity contribution < 1.29 is 0 Å². The van der Waals surface area contributed by atoms with E-state index in [1.54, 1.807) is 0 Å². The van der Waals surface area contributed by atoms with Crippen LogP contribution in [0.1, 0.15) is 38.8 Å². The zero-order chi connectivity index (χ0) is 14.2. The standard InChI is InChI=1S/C16H23ClN2/c1-6-18-10-12-7-13-11(2)9-16(3,4)19(5)15(13)8-14(12)17/h7-9,18H,6,10H2,1-5H3. The van der Waals surface area contributed by atoms with E-state index in [2.05, 4.69) is 63.2 Å². The van der Waals surface area contributed by atoms with Crippen molar-refractivity contribution in [2.75, 3.05) is 18.5 Å². The van der Waals surface area contributed by atoms with Crippen molar-refractivity contribution in [1.82, 2.24) is 5.32 Å². The van der Waals surface area contributed by atoms with Crippen molar-refractivity contribution >= 4 is 22.9 Å². The zero-order valence-corrected chi connectivity index (χ0v) is 13.2. The Morgan fingerprint density at radius 1 is 1.32 bits per heavy atom. The molecule has 3 heteroatoms. The minimum atomic E-state index is 0.0313. The lowest BCUT2D eigenvalue weighted by molar-refractivity contribution is 0.597.